The molecule has 0 aliphatic heterocycles. The second-order valence-electron chi connectivity index (χ2n) is 6.68. The van der Waals surface area contributed by atoms with Gasteiger partial charge in [0.1, 0.15) is 5.54 Å². The van der Waals surface area contributed by atoms with Crippen LogP contribution >= 0.6 is 0 Å². The summed E-state index contributed by atoms with van der Waals surface area (Å²) in [6.45, 7) is 6.21. The number of carboxylic acid groups (broad SMARTS) is 1. The van der Waals surface area contributed by atoms with Gasteiger partial charge in [-0.1, -0.05) is 39.5 Å². The molecule has 0 aromatic rings. The smallest absolute Gasteiger partial charge is 0.411 e. The average molecular weight is 329 g/mol. The molecule has 1 rings (SSSR count). The molecular weight excluding hydrogens is 302 g/mol. The summed E-state index contributed by atoms with van der Waals surface area (Å²) in [4.78, 5) is 34.9. The molecule has 0 unspecified atom stereocenters. The van der Waals surface area contributed by atoms with Crippen molar-refractivity contribution in [2.24, 2.45) is 11.8 Å². The summed E-state index contributed by atoms with van der Waals surface area (Å²) in [5.74, 6) is -1.64. The summed E-state index contributed by atoms with van der Waals surface area (Å²) < 4.78 is 9.85. The van der Waals surface area contributed by atoms with E-state index in [1.165, 1.54) is 13.8 Å². The Morgan fingerprint density at radius 3 is 2.22 bits per heavy atom. The number of nitrogens with one attached hydrogen (secondary N) is 1. The first kappa shape index (κ1) is 19.3. The van der Waals surface area contributed by atoms with Gasteiger partial charge < -0.3 is 19.9 Å². The maximum Gasteiger partial charge on any atom is 0.411 e. The Hall–Kier alpha value is -1.79. The fourth-order valence-corrected chi connectivity index (χ4v) is 2.71. The van der Waals surface area contributed by atoms with Crippen LogP contribution in [0, 0.1) is 11.8 Å². The van der Waals surface area contributed by atoms with E-state index in [0.717, 1.165) is 25.7 Å². The Balaban J connectivity index is 2.56. The van der Waals surface area contributed by atoms with Crippen LogP contribution in [-0.4, -0.2) is 35.0 Å². The molecule has 0 aromatic carbocycles. The van der Waals surface area contributed by atoms with Crippen molar-refractivity contribution in [2.75, 3.05) is 0 Å². The van der Waals surface area contributed by atoms with Crippen LogP contribution in [0.3, 0.4) is 0 Å². The molecule has 7 heteroatoms. The lowest BCUT2D eigenvalue weighted by molar-refractivity contribution is -0.169. The number of amides is 1. The molecule has 0 aromatic heterocycles. The van der Waals surface area contributed by atoms with Crippen LogP contribution < -0.4 is 5.32 Å². The summed E-state index contributed by atoms with van der Waals surface area (Å²) in [5.41, 5.74) is -1.39. The Bertz CT molecular complexity index is 444. The van der Waals surface area contributed by atoms with Gasteiger partial charge >= 0.3 is 18.0 Å². The van der Waals surface area contributed by atoms with E-state index in [1.807, 2.05) is 0 Å². The predicted molar refractivity (Wildman–Crippen MR) is 82.6 cm³/mol. The molecule has 7 nitrogen and oxygen atoms in total. The molecule has 0 spiro atoms. The van der Waals surface area contributed by atoms with Crippen molar-refractivity contribution in [3.05, 3.63) is 0 Å². The van der Waals surface area contributed by atoms with Crippen LogP contribution in [0.25, 0.3) is 0 Å². The van der Waals surface area contributed by atoms with Crippen molar-refractivity contribution >= 4 is 18.0 Å². The number of ether oxygens (including phenoxy) is 2. The molecule has 1 aliphatic carbocycles. The van der Waals surface area contributed by atoms with E-state index < -0.39 is 29.9 Å². The SMILES string of the molecule is CC(C)C(=O)O[C@@H](C)OC(=O)N[C@@](C)(CC1CCCC1)C(=O)O. The van der Waals surface area contributed by atoms with Crippen LogP contribution in [0.5, 0.6) is 0 Å². The van der Waals surface area contributed by atoms with Gasteiger partial charge in [-0.15, -0.1) is 0 Å². The van der Waals surface area contributed by atoms with E-state index in [2.05, 4.69) is 5.32 Å². The molecule has 1 saturated carbocycles. The van der Waals surface area contributed by atoms with Gasteiger partial charge in [0, 0.05) is 6.92 Å². The second-order valence-corrected chi connectivity index (χ2v) is 6.68. The molecule has 0 heterocycles. The minimum absolute atomic E-state index is 0.285. The number of rotatable bonds is 7. The predicted octanol–water partition coefficient (Wildman–Crippen LogP) is 2.68. The van der Waals surface area contributed by atoms with Crippen LogP contribution in [0.2, 0.25) is 0 Å². The van der Waals surface area contributed by atoms with Gasteiger partial charge in [-0.3, -0.25) is 4.79 Å². The van der Waals surface area contributed by atoms with Crippen LogP contribution in [0.4, 0.5) is 4.79 Å². The topological polar surface area (TPSA) is 102 Å². The zero-order valence-electron chi connectivity index (χ0n) is 14.3. The van der Waals surface area contributed by atoms with Gasteiger partial charge in [-0.25, -0.2) is 9.59 Å². The zero-order valence-corrected chi connectivity index (χ0v) is 14.3. The highest BCUT2D eigenvalue weighted by Crippen LogP contribution is 2.32. The van der Waals surface area contributed by atoms with Crippen molar-refractivity contribution in [2.45, 2.75) is 71.6 Å². The van der Waals surface area contributed by atoms with Gasteiger partial charge in [-0.05, 0) is 19.3 Å². The Kier molecular flexibility index (Phi) is 6.84. The lowest BCUT2D eigenvalue weighted by Gasteiger charge is -2.29. The molecule has 1 aliphatic rings. The van der Waals surface area contributed by atoms with E-state index in [0.29, 0.717) is 6.42 Å². The lowest BCUT2D eigenvalue weighted by atomic mass is 9.88. The van der Waals surface area contributed by atoms with Crippen molar-refractivity contribution in [1.29, 1.82) is 0 Å². The third kappa shape index (κ3) is 6.08. The lowest BCUT2D eigenvalue weighted by Crippen LogP contribution is -2.53. The van der Waals surface area contributed by atoms with Crippen molar-refractivity contribution in [3.8, 4) is 0 Å². The normalized spacial score (nSPS) is 19.0. The molecule has 0 saturated heterocycles. The van der Waals surface area contributed by atoms with E-state index in [4.69, 9.17) is 9.47 Å². The number of carbonyl (C=O) groups excluding carboxylic acids is 2. The zero-order chi connectivity index (χ0) is 17.6. The molecule has 0 radical (unpaired) electrons. The maximum absolute atomic E-state index is 11.9. The molecular formula is C16H27NO6. The van der Waals surface area contributed by atoms with Crippen LogP contribution in [0.15, 0.2) is 0 Å². The Morgan fingerprint density at radius 2 is 1.74 bits per heavy atom. The quantitative estimate of drug-likeness (QED) is 0.550. The van der Waals surface area contributed by atoms with Gasteiger partial charge in [-0.2, -0.15) is 0 Å². The minimum atomic E-state index is -1.39. The summed E-state index contributed by atoms with van der Waals surface area (Å²) in [5, 5.41) is 11.8. The molecule has 2 N–H and O–H groups in total. The number of alkyl carbamates (subject to hydrolysis) is 1. The average Bonchev–Trinajstić information content (AvgIpc) is 2.90. The van der Waals surface area contributed by atoms with Gasteiger partial charge in [0.25, 0.3) is 0 Å². The van der Waals surface area contributed by atoms with E-state index in [-0.39, 0.29) is 11.8 Å². The van der Waals surface area contributed by atoms with Crippen LogP contribution in [0.1, 0.15) is 59.8 Å². The third-order valence-electron chi connectivity index (χ3n) is 4.05. The highest BCUT2D eigenvalue weighted by Gasteiger charge is 2.39. The molecule has 2 atom stereocenters. The molecule has 1 fully saturated rings. The molecule has 23 heavy (non-hydrogen) atoms. The maximum atomic E-state index is 11.9. The van der Waals surface area contributed by atoms with Gasteiger partial charge in [0.15, 0.2) is 0 Å². The molecule has 132 valence electrons. The number of esters is 1. The number of carbonyl (C=O) groups is 3. The number of carboxylic acids is 1. The Labute approximate surface area is 136 Å². The highest BCUT2D eigenvalue weighted by atomic mass is 16.7. The first-order valence-electron chi connectivity index (χ1n) is 8.06. The van der Waals surface area contributed by atoms with Crippen molar-refractivity contribution in [1.82, 2.24) is 5.32 Å². The second kappa shape index (κ2) is 8.17. The van der Waals surface area contributed by atoms with Gasteiger partial charge in [0.05, 0.1) is 5.92 Å². The van der Waals surface area contributed by atoms with E-state index >= 15 is 0 Å². The first-order chi connectivity index (χ1) is 10.6. The summed E-state index contributed by atoms with van der Waals surface area (Å²) >= 11 is 0. The van der Waals surface area contributed by atoms with Crippen molar-refractivity contribution < 1.29 is 29.0 Å². The largest absolute Gasteiger partial charge is 0.480 e. The third-order valence-corrected chi connectivity index (χ3v) is 4.05. The van der Waals surface area contributed by atoms with E-state index in [1.54, 1.807) is 13.8 Å². The number of hydrogen-bond acceptors (Lipinski definition) is 5. The fraction of sp³-hybridized carbons (Fsp3) is 0.812. The van der Waals surface area contributed by atoms with Crippen LogP contribution in [-0.2, 0) is 19.1 Å². The summed E-state index contributed by atoms with van der Waals surface area (Å²) in [7, 11) is 0. The number of aliphatic carboxylic acids is 1. The monoisotopic (exact) mass is 329 g/mol. The standard InChI is InChI=1S/C16H27NO6/c1-10(2)13(18)22-11(3)23-15(21)17-16(4,14(19)20)9-12-7-5-6-8-12/h10-12H,5-9H2,1-4H3,(H,17,21)(H,19,20)/t11-,16+/m1/s1. The van der Waals surface area contributed by atoms with Crippen molar-refractivity contribution in [3.63, 3.8) is 0 Å². The minimum Gasteiger partial charge on any atom is -0.480 e. The number of hydrogen-bond donors (Lipinski definition) is 2. The highest BCUT2D eigenvalue weighted by molar-refractivity contribution is 5.84. The van der Waals surface area contributed by atoms with E-state index in [9.17, 15) is 19.5 Å². The Morgan fingerprint density at radius 1 is 1.17 bits per heavy atom. The summed E-state index contributed by atoms with van der Waals surface area (Å²) in [6.07, 6.45) is 2.51. The molecule has 0 bridgehead atoms. The molecule has 1 amide bonds. The fourth-order valence-electron chi connectivity index (χ4n) is 2.71. The first-order valence-corrected chi connectivity index (χ1v) is 8.06. The summed E-state index contributed by atoms with van der Waals surface area (Å²) in [6, 6.07) is 0. The van der Waals surface area contributed by atoms with Gasteiger partial charge in [0.2, 0.25) is 6.29 Å².